The van der Waals surface area contributed by atoms with Gasteiger partial charge in [-0.25, -0.2) is 4.79 Å². The van der Waals surface area contributed by atoms with E-state index in [2.05, 4.69) is 5.10 Å². The summed E-state index contributed by atoms with van der Waals surface area (Å²) >= 11 is 0. The second kappa shape index (κ2) is 3.42. The smallest absolute Gasteiger partial charge is 0.354 e. The lowest BCUT2D eigenvalue weighted by Crippen LogP contribution is -2.13. The van der Waals surface area contributed by atoms with Crippen molar-refractivity contribution in [3.8, 4) is 0 Å². The molecule has 0 aliphatic carbocycles. The summed E-state index contributed by atoms with van der Waals surface area (Å²) in [6.45, 7) is 3.46. The van der Waals surface area contributed by atoms with E-state index in [1.54, 1.807) is 0 Å². The highest BCUT2D eigenvalue weighted by atomic mass is 16.5. The maximum atomic E-state index is 11.0. The van der Waals surface area contributed by atoms with Gasteiger partial charge >= 0.3 is 5.97 Å². The monoisotopic (exact) mass is 196 g/mol. The Kier molecular flexibility index (Phi) is 2.25. The van der Waals surface area contributed by atoms with Gasteiger partial charge in [0.2, 0.25) is 0 Å². The summed E-state index contributed by atoms with van der Waals surface area (Å²) in [6, 6.07) is 0. The molecule has 14 heavy (non-hydrogen) atoms. The molecule has 0 amide bonds. The fourth-order valence-electron chi connectivity index (χ4n) is 1.71. The zero-order valence-corrected chi connectivity index (χ0v) is 7.99. The van der Waals surface area contributed by atoms with Gasteiger partial charge in [0.25, 0.3) is 0 Å². The molecule has 1 aromatic heterocycles. The molecular formula is C9H12N2O3. The number of aryl methyl sites for hydroxylation is 1. The van der Waals surface area contributed by atoms with Crippen LogP contribution in [0.15, 0.2) is 0 Å². The Balaban J connectivity index is 2.53. The van der Waals surface area contributed by atoms with Gasteiger partial charge in [-0.1, -0.05) is 0 Å². The van der Waals surface area contributed by atoms with Gasteiger partial charge in [0.05, 0.1) is 18.9 Å². The minimum Gasteiger partial charge on any atom is -0.477 e. The van der Waals surface area contributed by atoms with Crippen molar-refractivity contribution in [2.75, 3.05) is 6.61 Å². The van der Waals surface area contributed by atoms with Gasteiger partial charge in [-0.2, -0.15) is 5.10 Å². The predicted octanol–water partition coefficient (Wildman–Crippen LogP) is 0.674. The molecule has 0 radical (unpaired) electrons. The molecule has 0 unspecified atom stereocenters. The number of carbonyl (C=O) groups is 1. The minimum absolute atomic E-state index is 0.280. The number of hydrogen-bond acceptors (Lipinski definition) is 3. The lowest BCUT2D eigenvalue weighted by Gasteiger charge is -2.10. The Hall–Kier alpha value is -1.36. The molecule has 5 heteroatoms. The molecule has 5 nitrogen and oxygen atoms in total. The average molecular weight is 196 g/mol. The zero-order chi connectivity index (χ0) is 10.1. The summed E-state index contributed by atoms with van der Waals surface area (Å²) in [5.41, 5.74) is 1.89. The second-order valence-corrected chi connectivity index (χ2v) is 3.20. The van der Waals surface area contributed by atoms with Gasteiger partial charge < -0.3 is 9.84 Å². The molecule has 0 aromatic carbocycles. The molecule has 0 fully saturated rings. The van der Waals surface area contributed by atoms with Crippen LogP contribution in [0.25, 0.3) is 0 Å². The van der Waals surface area contributed by atoms with Crippen LogP contribution in [0.2, 0.25) is 0 Å². The summed E-state index contributed by atoms with van der Waals surface area (Å²) in [4.78, 5) is 11.0. The van der Waals surface area contributed by atoms with E-state index >= 15 is 0 Å². The van der Waals surface area contributed by atoms with Crippen molar-refractivity contribution < 1.29 is 14.6 Å². The largest absolute Gasteiger partial charge is 0.477 e. The lowest BCUT2D eigenvalue weighted by molar-refractivity contribution is 0.0671. The Labute approximate surface area is 81.3 Å². The van der Waals surface area contributed by atoms with E-state index in [4.69, 9.17) is 9.84 Å². The first-order valence-electron chi connectivity index (χ1n) is 4.63. The van der Waals surface area contributed by atoms with Gasteiger partial charge in [-0.15, -0.1) is 0 Å². The molecule has 2 rings (SSSR count). The molecule has 0 atom stereocenters. The van der Waals surface area contributed by atoms with Crippen LogP contribution >= 0.6 is 0 Å². The maximum absolute atomic E-state index is 11.0. The molecule has 0 bridgehead atoms. The highest BCUT2D eigenvalue weighted by Gasteiger charge is 2.24. The third-order valence-corrected chi connectivity index (χ3v) is 2.37. The molecule has 0 saturated carbocycles. The molecule has 76 valence electrons. The van der Waals surface area contributed by atoms with Crippen molar-refractivity contribution in [1.29, 1.82) is 0 Å². The highest BCUT2D eigenvalue weighted by Crippen LogP contribution is 2.20. The van der Waals surface area contributed by atoms with Gasteiger partial charge in [-0.05, 0) is 6.92 Å². The number of carboxylic acids is 1. The van der Waals surface area contributed by atoms with Crippen molar-refractivity contribution in [3.63, 3.8) is 0 Å². The van der Waals surface area contributed by atoms with E-state index in [1.807, 2.05) is 6.92 Å². The molecule has 1 N–H and O–H groups in total. The first-order valence-corrected chi connectivity index (χ1v) is 4.63. The Morgan fingerprint density at radius 2 is 2.50 bits per heavy atom. The van der Waals surface area contributed by atoms with Crippen LogP contribution in [0.4, 0.5) is 0 Å². The molecular weight excluding hydrogens is 184 g/mol. The standard InChI is InChI=1S/C9H12N2O3/c1-2-11-8(9(12)13)6-5-14-4-3-7(6)10-11/h2-5H2,1H3,(H,12,13). The van der Waals surface area contributed by atoms with E-state index in [0.29, 0.717) is 26.2 Å². The van der Waals surface area contributed by atoms with Crippen LogP contribution in [0.5, 0.6) is 0 Å². The van der Waals surface area contributed by atoms with E-state index in [9.17, 15) is 4.79 Å². The van der Waals surface area contributed by atoms with Gasteiger partial charge in [0, 0.05) is 18.5 Å². The molecule has 1 aliphatic heterocycles. The number of nitrogens with zero attached hydrogens (tertiary/aromatic N) is 2. The fraction of sp³-hybridized carbons (Fsp3) is 0.556. The number of carboxylic acid groups (broad SMARTS) is 1. The van der Waals surface area contributed by atoms with Crippen LogP contribution in [0, 0.1) is 0 Å². The molecule has 1 aliphatic rings. The first kappa shape index (κ1) is 9.21. The topological polar surface area (TPSA) is 64.4 Å². The van der Waals surface area contributed by atoms with E-state index in [0.717, 1.165) is 11.3 Å². The minimum atomic E-state index is -0.925. The van der Waals surface area contributed by atoms with Crippen LogP contribution in [0.3, 0.4) is 0 Å². The van der Waals surface area contributed by atoms with Crippen LogP contribution in [-0.2, 0) is 24.3 Å². The van der Waals surface area contributed by atoms with Crippen LogP contribution < -0.4 is 0 Å². The first-order chi connectivity index (χ1) is 6.74. The summed E-state index contributed by atoms with van der Waals surface area (Å²) in [6.07, 6.45) is 0.711. The van der Waals surface area contributed by atoms with Crippen LogP contribution in [0.1, 0.15) is 28.7 Å². The van der Waals surface area contributed by atoms with Gasteiger partial charge in [-0.3, -0.25) is 4.68 Å². The number of fused-ring (bicyclic) bond motifs is 1. The third kappa shape index (κ3) is 1.29. The number of aromatic nitrogens is 2. The third-order valence-electron chi connectivity index (χ3n) is 2.37. The Bertz CT molecular complexity index is 370. The number of rotatable bonds is 2. The van der Waals surface area contributed by atoms with Crippen LogP contribution in [-0.4, -0.2) is 27.5 Å². The van der Waals surface area contributed by atoms with Crippen molar-refractivity contribution in [2.24, 2.45) is 0 Å². The Morgan fingerprint density at radius 3 is 3.14 bits per heavy atom. The quantitative estimate of drug-likeness (QED) is 0.755. The Morgan fingerprint density at radius 1 is 1.71 bits per heavy atom. The van der Waals surface area contributed by atoms with Crippen molar-refractivity contribution in [1.82, 2.24) is 9.78 Å². The lowest BCUT2D eigenvalue weighted by atomic mass is 10.1. The van der Waals surface area contributed by atoms with Crippen molar-refractivity contribution >= 4 is 5.97 Å². The highest BCUT2D eigenvalue weighted by molar-refractivity contribution is 5.87. The molecule has 0 saturated heterocycles. The molecule has 0 spiro atoms. The average Bonchev–Trinajstić information content (AvgIpc) is 2.55. The normalized spacial score (nSPS) is 15.2. The summed E-state index contributed by atoms with van der Waals surface area (Å²) < 4.78 is 6.76. The summed E-state index contributed by atoms with van der Waals surface area (Å²) in [7, 11) is 0. The number of hydrogen-bond donors (Lipinski definition) is 1. The summed E-state index contributed by atoms with van der Waals surface area (Å²) in [5.74, 6) is -0.925. The maximum Gasteiger partial charge on any atom is 0.354 e. The zero-order valence-electron chi connectivity index (χ0n) is 7.99. The number of ether oxygens (including phenoxy) is 1. The number of aromatic carboxylic acids is 1. The predicted molar refractivity (Wildman–Crippen MR) is 48.2 cm³/mol. The van der Waals surface area contributed by atoms with Crippen molar-refractivity contribution in [2.45, 2.75) is 26.5 Å². The molecule has 2 heterocycles. The SMILES string of the molecule is CCn1nc2c(c1C(=O)O)COCC2. The fourth-order valence-corrected chi connectivity index (χ4v) is 1.71. The van der Waals surface area contributed by atoms with E-state index in [-0.39, 0.29) is 5.69 Å². The van der Waals surface area contributed by atoms with E-state index < -0.39 is 5.97 Å². The molecule has 1 aromatic rings. The van der Waals surface area contributed by atoms with Gasteiger partial charge in [0.15, 0.2) is 5.69 Å². The summed E-state index contributed by atoms with van der Waals surface area (Å²) in [5, 5.41) is 13.3. The van der Waals surface area contributed by atoms with Crippen molar-refractivity contribution in [3.05, 3.63) is 17.0 Å². The van der Waals surface area contributed by atoms with Gasteiger partial charge in [0.1, 0.15) is 0 Å². The van der Waals surface area contributed by atoms with E-state index in [1.165, 1.54) is 4.68 Å². The second-order valence-electron chi connectivity index (χ2n) is 3.20.